The first kappa shape index (κ1) is 22.1. The van der Waals surface area contributed by atoms with Gasteiger partial charge < -0.3 is 14.5 Å². The number of ether oxygens (including phenoxy) is 1. The molecule has 170 valence electrons. The number of unbranched alkanes of at least 4 members (excludes halogenated alkanes) is 1. The van der Waals surface area contributed by atoms with Gasteiger partial charge in [-0.15, -0.1) is 0 Å². The van der Waals surface area contributed by atoms with Crippen molar-refractivity contribution in [1.29, 1.82) is 0 Å². The maximum Gasteiger partial charge on any atom is 0.325 e. The Morgan fingerprint density at radius 2 is 1.90 bits per heavy atom. The van der Waals surface area contributed by atoms with Crippen molar-refractivity contribution in [2.45, 2.75) is 62.9 Å². The Labute approximate surface area is 186 Å². The first-order valence-corrected chi connectivity index (χ1v) is 11.9. The van der Waals surface area contributed by atoms with Crippen LogP contribution in [-0.4, -0.2) is 72.6 Å². The van der Waals surface area contributed by atoms with Crippen molar-refractivity contribution in [3.63, 3.8) is 0 Å². The fourth-order valence-electron chi connectivity index (χ4n) is 5.61. The zero-order valence-electron chi connectivity index (χ0n) is 19.3. The smallest absolute Gasteiger partial charge is 0.325 e. The van der Waals surface area contributed by atoms with Crippen molar-refractivity contribution in [3.05, 3.63) is 35.9 Å². The molecule has 1 aromatic carbocycles. The van der Waals surface area contributed by atoms with Crippen molar-refractivity contribution in [2.24, 2.45) is 5.92 Å². The number of nitrogens with zero attached hydrogens (tertiary/aromatic N) is 3. The first-order chi connectivity index (χ1) is 14.9. The molecule has 31 heavy (non-hydrogen) atoms. The molecule has 0 atom stereocenters. The molecule has 4 rings (SSSR count). The molecule has 2 aliphatic carbocycles. The van der Waals surface area contributed by atoms with E-state index in [4.69, 9.17) is 4.74 Å². The minimum atomic E-state index is -0.288. The van der Waals surface area contributed by atoms with Crippen LogP contribution in [0.3, 0.4) is 0 Å². The molecule has 2 amide bonds. The van der Waals surface area contributed by atoms with E-state index in [-0.39, 0.29) is 29.6 Å². The highest BCUT2D eigenvalue weighted by atomic mass is 16.5. The number of rotatable bonds is 9. The van der Waals surface area contributed by atoms with Crippen LogP contribution in [0.2, 0.25) is 0 Å². The van der Waals surface area contributed by atoms with Crippen LogP contribution in [0.15, 0.2) is 30.3 Å². The number of hydrogen-bond donors (Lipinski definition) is 0. The van der Waals surface area contributed by atoms with Gasteiger partial charge in [0.2, 0.25) is 0 Å². The van der Waals surface area contributed by atoms with Crippen LogP contribution in [0.5, 0.6) is 0 Å². The minimum Gasteiger partial charge on any atom is -0.464 e. The average Bonchev–Trinajstić information content (AvgIpc) is 2.95. The first-order valence-electron chi connectivity index (χ1n) is 11.9. The Kier molecular flexibility index (Phi) is 6.29. The summed E-state index contributed by atoms with van der Waals surface area (Å²) in [7, 11) is 4.27. The van der Waals surface area contributed by atoms with Gasteiger partial charge >= 0.3 is 12.0 Å². The summed E-state index contributed by atoms with van der Waals surface area (Å²) in [6, 6.07) is 10.6. The molecule has 1 heterocycles. The van der Waals surface area contributed by atoms with Gasteiger partial charge in [0.05, 0.1) is 17.7 Å². The van der Waals surface area contributed by atoms with Gasteiger partial charge in [0.25, 0.3) is 0 Å². The second kappa shape index (κ2) is 8.81. The van der Waals surface area contributed by atoms with Crippen molar-refractivity contribution in [3.8, 4) is 0 Å². The summed E-state index contributed by atoms with van der Waals surface area (Å²) in [5, 5.41) is 0. The Morgan fingerprint density at radius 3 is 2.48 bits per heavy atom. The zero-order chi connectivity index (χ0) is 22.1. The molecule has 2 saturated carbocycles. The van der Waals surface area contributed by atoms with Crippen molar-refractivity contribution in [1.82, 2.24) is 14.7 Å². The van der Waals surface area contributed by atoms with E-state index in [1.54, 1.807) is 4.90 Å². The van der Waals surface area contributed by atoms with Gasteiger partial charge in [-0.1, -0.05) is 50.1 Å². The molecule has 0 unspecified atom stereocenters. The quantitative estimate of drug-likeness (QED) is 0.444. The fourth-order valence-corrected chi connectivity index (χ4v) is 5.61. The van der Waals surface area contributed by atoms with Crippen LogP contribution in [0.4, 0.5) is 4.79 Å². The van der Waals surface area contributed by atoms with Gasteiger partial charge in [-0.3, -0.25) is 9.69 Å². The predicted octanol–water partition coefficient (Wildman–Crippen LogP) is 3.86. The van der Waals surface area contributed by atoms with Crippen LogP contribution >= 0.6 is 0 Å². The van der Waals surface area contributed by atoms with Gasteiger partial charge in [-0.2, -0.15) is 0 Å². The monoisotopic (exact) mass is 427 g/mol. The summed E-state index contributed by atoms with van der Waals surface area (Å²) < 4.78 is 5.35. The normalized spacial score (nSPS) is 28.2. The molecule has 1 aliphatic heterocycles. The second-order valence-electron chi connectivity index (χ2n) is 9.99. The summed E-state index contributed by atoms with van der Waals surface area (Å²) in [5.74, 6) is 0.312. The zero-order valence-corrected chi connectivity index (χ0v) is 19.3. The van der Waals surface area contributed by atoms with Gasteiger partial charge in [0.1, 0.15) is 6.54 Å². The van der Waals surface area contributed by atoms with E-state index < -0.39 is 0 Å². The molecule has 1 spiro atoms. The maximum atomic E-state index is 13.4. The van der Waals surface area contributed by atoms with Crippen LogP contribution in [0.1, 0.15) is 57.4 Å². The molecule has 0 radical (unpaired) electrons. The molecule has 1 aromatic rings. The molecule has 6 nitrogen and oxygen atoms in total. The molecule has 0 bridgehead atoms. The Hall–Kier alpha value is -2.08. The van der Waals surface area contributed by atoms with E-state index in [0.29, 0.717) is 19.1 Å². The number of hydrogen-bond acceptors (Lipinski definition) is 4. The van der Waals surface area contributed by atoms with Crippen molar-refractivity contribution < 1.29 is 14.3 Å². The standard InChI is InChI=1S/C25H37N3O3/c1-4-5-14-31-22(29)16-27-19-24(28(23(27)30)15-20-10-9-11-20)17-25(18-24,26(2)3)21-12-7-6-8-13-21/h6-8,12-13,20H,4-5,9-11,14-19H2,1-3H3/t24-,25+. The van der Waals surface area contributed by atoms with Crippen LogP contribution in [0, 0.1) is 5.92 Å². The lowest BCUT2D eigenvalue weighted by Gasteiger charge is -2.61. The topological polar surface area (TPSA) is 53.1 Å². The summed E-state index contributed by atoms with van der Waals surface area (Å²) in [5.41, 5.74) is 1.03. The predicted molar refractivity (Wildman–Crippen MR) is 121 cm³/mol. The van der Waals surface area contributed by atoms with E-state index in [2.05, 4.69) is 61.2 Å². The molecule has 6 heteroatoms. The number of carbonyl (C=O) groups is 2. The maximum absolute atomic E-state index is 13.4. The summed E-state index contributed by atoms with van der Waals surface area (Å²) in [6.07, 6.45) is 7.32. The summed E-state index contributed by atoms with van der Waals surface area (Å²) in [6.45, 7) is 4.00. The molecule has 0 N–H and O–H groups in total. The molecular weight excluding hydrogens is 390 g/mol. The van der Waals surface area contributed by atoms with E-state index in [0.717, 1.165) is 32.2 Å². The summed E-state index contributed by atoms with van der Waals surface area (Å²) >= 11 is 0. The third kappa shape index (κ3) is 4.07. The van der Waals surface area contributed by atoms with E-state index in [1.807, 2.05) is 0 Å². The Bertz CT molecular complexity index is 784. The lowest BCUT2D eigenvalue weighted by atomic mass is 9.58. The summed E-state index contributed by atoms with van der Waals surface area (Å²) in [4.78, 5) is 31.9. The van der Waals surface area contributed by atoms with Crippen LogP contribution in [-0.2, 0) is 15.1 Å². The lowest BCUT2D eigenvalue weighted by Crippen LogP contribution is -2.68. The molecule has 0 aromatic heterocycles. The van der Waals surface area contributed by atoms with Crippen LogP contribution in [0.25, 0.3) is 0 Å². The van der Waals surface area contributed by atoms with Crippen LogP contribution < -0.4 is 0 Å². The van der Waals surface area contributed by atoms with E-state index >= 15 is 0 Å². The SMILES string of the molecule is CCCCOC(=O)CN1C[C@]2(C[C@](c3ccccc3)(N(C)C)C2)N(CC2CCC2)C1=O. The number of carbonyl (C=O) groups excluding carboxylic acids is 2. The number of benzene rings is 1. The number of urea groups is 1. The van der Waals surface area contributed by atoms with Gasteiger partial charge in [0, 0.05) is 13.1 Å². The Morgan fingerprint density at radius 1 is 1.19 bits per heavy atom. The molecule has 3 fully saturated rings. The van der Waals surface area contributed by atoms with Crippen molar-refractivity contribution in [2.75, 3.05) is 40.3 Å². The third-order valence-corrected chi connectivity index (χ3v) is 7.72. The molecule has 3 aliphatic rings. The fraction of sp³-hybridized carbons (Fsp3) is 0.680. The van der Waals surface area contributed by atoms with Gasteiger partial charge in [-0.25, -0.2) is 4.79 Å². The highest BCUT2D eigenvalue weighted by Crippen LogP contribution is 2.57. The van der Waals surface area contributed by atoms with Gasteiger partial charge in [0.15, 0.2) is 0 Å². The average molecular weight is 428 g/mol. The highest BCUT2D eigenvalue weighted by molar-refractivity contribution is 5.84. The molecule has 1 saturated heterocycles. The number of amides is 2. The second-order valence-corrected chi connectivity index (χ2v) is 9.99. The van der Waals surface area contributed by atoms with Crippen molar-refractivity contribution >= 4 is 12.0 Å². The van der Waals surface area contributed by atoms with E-state index in [9.17, 15) is 9.59 Å². The van der Waals surface area contributed by atoms with E-state index in [1.165, 1.54) is 24.8 Å². The third-order valence-electron chi connectivity index (χ3n) is 7.72. The largest absolute Gasteiger partial charge is 0.464 e. The highest BCUT2D eigenvalue weighted by Gasteiger charge is 2.64. The molecular formula is C25H37N3O3. The minimum absolute atomic E-state index is 0.0137. The lowest BCUT2D eigenvalue weighted by molar-refractivity contribution is -0.144. The van der Waals surface area contributed by atoms with Gasteiger partial charge in [-0.05, 0) is 57.7 Å². The number of esters is 1. The Balaban J connectivity index is 1.52.